The molecule has 21 heavy (non-hydrogen) atoms. The SMILES string of the molecule is CCC1CCCN1C1CC(c2ccccc2)CCC1C#N. The van der Waals surface area contributed by atoms with Crippen LogP contribution in [0.5, 0.6) is 0 Å². The summed E-state index contributed by atoms with van der Waals surface area (Å²) in [6.45, 7) is 3.49. The van der Waals surface area contributed by atoms with E-state index in [0.29, 0.717) is 18.0 Å². The van der Waals surface area contributed by atoms with Crippen molar-refractivity contribution in [1.29, 1.82) is 5.26 Å². The lowest BCUT2D eigenvalue weighted by molar-refractivity contribution is 0.103. The Bertz CT molecular complexity index is 490. The highest BCUT2D eigenvalue weighted by Crippen LogP contribution is 2.40. The molecular formula is C19H26N2. The molecule has 0 N–H and O–H groups in total. The zero-order valence-electron chi connectivity index (χ0n) is 13.0. The van der Waals surface area contributed by atoms with Crippen LogP contribution in [-0.4, -0.2) is 23.5 Å². The van der Waals surface area contributed by atoms with E-state index in [-0.39, 0.29) is 5.92 Å². The van der Waals surface area contributed by atoms with Gasteiger partial charge in [-0.3, -0.25) is 4.90 Å². The predicted octanol–water partition coefficient (Wildman–Crippen LogP) is 4.34. The van der Waals surface area contributed by atoms with Crippen molar-refractivity contribution >= 4 is 0 Å². The number of hydrogen-bond acceptors (Lipinski definition) is 2. The lowest BCUT2D eigenvalue weighted by Crippen LogP contribution is -2.45. The quantitative estimate of drug-likeness (QED) is 0.824. The maximum atomic E-state index is 9.56. The minimum absolute atomic E-state index is 0.233. The van der Waals surface area contributed by atoms with Crippen LogP contribution in [-0.2, 0) is 0 Å². The molecule has 1 aliphatic carbocycles. The van der Waals surface area contributed by atoms with Gasteiger partial charge in [0.05, 0.1) is 12.0 Å². The topological polar surface area (TPSA) is 27.0 Å². The van der Waals surface area contributed by atoms with Crippen LogP contribution in [0, 0.1) is 17.2 Å². The number of nitrogens with zero attached hydrogens (tertiary/aromatic N) is 2. The number of hydrogen-bond donors (Lipinski definition) is 0. The van der Waals surface area contributed by atoms with Crippen molar-refractivity contribution in [3.05, 3.63) is 35.9 Å². The first-order valence-corrected chi connectivity index (χ1v) is 8.53. The summed E-state index contributed by atoms with van der Waals surface area (Å²) < 4.78 is 0. The van der Waals surface area contributed by atoms with Gasteiger partial charge in [0.15, 0.2) is 0 Å². The minimum atomic E-state index is 0.233. The van der Waals surface area contributed by atoms with Crippen LogP contribution < -0.4 is 0 Å². The van der Waals surface area contributed by atoms with E-state index >= 15 is 0 Å². The number of benzene rings is 1. The molecule has 2 aliphatic rings. The highest BCUT2D eigenvalue weighted by atomic mass is 15.2. The molecule has 4 unspecified atom stereocenters. The van der Waals surface area contributed by atoms with Crippen LogP contribution in [0.1, 0.15) is 56.9 Å². The van der Waals surface area contributed by atoms with Gasteiger partial charge in [0, 0.05) is 12.1 Å². The second kappa shape index (κ2) is 6.62. The third kappa shape index (κ3) is 2.99. The van der Waals surface area contributed by atoms with Gasteiger partial charge in [0.1, 0.15) is 0 Å². The van der Waals surface area contributed by atoms with Gasteiger partial charge >= 0.3 is 0 Å². The Kier molecular flexibility index (Phi) is 4.60. The molecule has 3 rings (SSSR count). The number of likely N-dealkylation sites (tertiary alicyclic amines) is 1. The predicted molar refractivity (Wildman–Crippen MR) is 85.9 cm³/mol. The van der Waals surface area contributed by atoms with E-state index in [1.165, 1.54) is 44.2 Å². The van der Waals surface area contributed by atoms with Crippen LogP contribution in [0.3, 0.4) is 0 Å². The van der Waals surface area contributed by atoms with E-state index in [1.807, 2.05) is 0 Å². The Morgan fingerprint density at radius 3 is 2.71 bits per heavy atom. The van der Waals surface area contributed by atoms with Crippen molar-refractivity contribution in [2.75, 3.05) is 6.54 Å². The highest BCUT2D eigenvalue weighted by molar-refractivity contribution is 5.21. The number of nitriles is 1. The lowest BCUT2D eigenvalue weighted by Gasteiger charge is -2.41. The van der Waals surface area contributed by atoms with Gasteiger partial charge < -0.3 is 0 Å². The van der Waals surface area contributed by atoms with Crippen molar-refractivity contribution in [2.24, 2.45) is 5.92 Å². The largest absolute Gasteiger partial charge is 0.296 e. The summed E-state index contributed by atoms with van der Waals surface area (Å²) in [6, 6.07) is 14.7. The standard InChI is InChI=1S/C19H26N2/c1-2-18-9-6-12-21(18)19-13-16(10-11-17(19)14-20)15-7-4-3-5-8-15/h3-5,7-8,16-19H,2,6,9-13H2,1H3. The fourth-order valence-corrected chi connectivity index (χ4v) is 4.42. The first kappa shape index (κ1) is 14.6. The lowest BCUT2D eigenvalue weighted by atomic mass is 9.75. The molecule has 2 nitrogen and oxygen atoms in total. The van der Waals surface area contributed by atoms with Crippen LogP contribution >= 0.6 is 0 Å². The molecule has 1 saturated carbocycles. The molecule has 0 aromatic heterocycles. The maximum absolute atomic E-state index is 9.56. The molecule has 2 heteroatoms. The van der Waals surface area contributed by atoms with Gasteiger partial charge in [-0.05, 0) is 56.6 Å². The summed E-state index contributed by atoms with van der Waals surface area (Å²) in [5.41, 5.74) is 1.46. The molecule has 1 heterocycles. The molecule has 0 spiro atoms. The molecule has 1 aromatic carbocycles. The normalized spacial score (nSPS) is 33.7. The van der Waals surface area contributed by atoms with Crippen LogP contribution in [0.15, 0.2) is 30.3 Å². The minimum Gasteiger partial charge on any atom is -0.296 e. The monoisotopic (exact) mass is 282 g/mol. The van der Waals surface area contributed by atoms with E-state index < -0.39 is 0 Å². The van der Waals surface area contributed by atoms with Gasteiger partial charge in [-0.2, -0.15) is 5.26 Å². The molecule has 1 aliphatic heterocycles. The maximum Gasteiger partial charge on any atom is 0.0672 e. The van der Waals surface area contributed by atoms with E-state index in [4.69, 9.17) is 0 Å². The molecule has 0 amide bonds. The van der Waals surface area contributed by atoms with Gasteiger partial charge in [-0.1, -0.05) is 37.3 Å². The first-order chi connectivity index (χ1) is 10.3. The van der Waals surface area contributed by atoms with Crippen molar-refractivity contribution in [3.8, 4) is 6.07 Å². The van der Waals surface area contributed by atoms with E-state index in [9.17, 15) is 5.26 Å². The Morgan fingerprint density at radius 2 is 2.00 bits per heavy atom. The van der Waals surface area contributed by atoms with E-state index in [2.05, 4.69) is 48.2 Å². The van der Waals surface area contributed by atoms with Crippen molar-refractivity contribution in [1.82, 2.24) is 4.90 Å². The Morgan fingerprint density at radius 1 is 1.19 bits per heavy atom. The van der Waals surface area contributed by atoms with Crippen molar-refractivity contribution in [2.45, 2.75) is 63.5 Å². The van der Waals surface area contributed by atoms with Crippen LogP contribution in [0.2, 0.25) is 0 Å². The third-order valence-electron chi connectivity index (χ3n) is 5.57. The molecule has 1 aromatic rings. The average molecular weight is 282 g/mol. The smallest absolute Gasteiger partial charge is 0.0672 e. The zero-order chi connectivity index (χ0) is 14.7. The molecule has 2 fully saturated rings. The summed E-state index contributed by atoms with van der Waals surface area (Å²) in [5.74, 6) is 0.871. The van der Waals surface area contributed by atoms with Gasteiger partial charge in [-0.25, -0.2) is 0 Å². The molecule has 1 saturated heterocycles. The van der Waals surface area contributed by atoms with Crippen molar-refractivity contribution < 1.29 is 0 Å². The third-order valence-corrected chi connectivity index (χ3v) is 5.57. The summed E-state index contributed by atoms with van der Waals surface area (Å²) in [7, 11) is 0. The number of rotatable bonds is 3. The molecular weight excluding hydrogens is 256 g/mol. The summed E-state index contributed by atoms with van der Waals surface area (Å²) in [4.78, 5) is 2.67. The van der Waals surface area contributed by atoms with Gasteiger partial charge in [-0.15, -0.1) is 0 Å². The van der Waals surface area contributed by atoms with Gasteiger partial charge in [0.2, 0.25) is 0 Å². The molecule has 0 bridgehead atoms. The second-order valence-electron chi connectivity index (χ2n) is 6.67. The summed E-state index contributed by atoms with van der Waals surface area (Å²) in [5, 5.41) is 9.56. The molecule has 4 atom stereocenters. The Hall–Kier alpha value is -1.33. The van der Waals surface area contributed by atoms with Gasteiger partial charge in [0.25, 0.3) is 0 Å². The highest BCUT2D eigenvalue weighted by Gasteiger charge is 2.38. The zero-order valence-corrected chi connectivity index (χ0v) is 13.0. The fourth-order valence-electron chi connectivity index (χ4n) is 4.42. The van der Waals surface area contributed by atoms with E-state index in [1.54, 1.807) is 0 Å². The Labute approximate surface area is 128 Å². The molecule has 0 radical (unpaired) electrons. The summed E-state index contributed by atoms with van der Waals surface area (Å²) >= 11 is 0. The van der Waals surface area contributed by atoms with Crippen LogP contribution in [0.4, 0.5) is 0 Å². The van der Waals surface area contributed by atoms with E-state index in [0.717, 1.165) is 6.42 Å². The summed E-state index contributed by atoms with van der Waals surface area (Å²) in [6.07, 6.45) is 7.25. The van der Waals surface area contributed by atoms with Crippen molar-refractivity contribution in [3.63, 3.8) is 0 Å². The van der Waals surface area contributed by atoms with Crippen LogP contribution in [0.25, 0.3) is 0 Å². The fraction of sp³-hybridized carbons (Fsp3) is 0.632. The first-order valence-electron chi connectivity index (χ1n) is 8.53. The molecule has 112 valence electrons. The second-order valence-corrected chi connectivity index (χ2v) is 6.67. The Balaban J connectivity index is 1.78. The average Bonchev–Trinajstić information content (AvgIpc) is 3.03.